The summed E-state index contributed by atoms with van der Waals surface area (Å²) in [5.74, 6) is 5.80. The third-order valence-corrected chi connectivity index (χ3v) is 6.05. The highest BCUT2D eigenvalue weighted by atomic mass is 16.3. The highest BCUT2D eigenvalue weighted by Crippen LogP contribution is 2.23. The maximum atomic E-state index is 13.9. The van der Waals surface area contributed by atoms with Crippen LogP contribution in [-0.2, 0) is 0 Å². The number of hydrogen-bond donors (Lipinski definition) is 2. The van der Waals surface area contributed by atoms with Crippen LogP contribution in [0.1, 0.15) is 40.3 Å². The standard InChI is InChI=1S/C28H20N8O3/c1-17(32-26(37)22-23(29)34-35-15-5-12-31-25(22)35)24-33-27-21(28(38)36(24)20-6-3-2-4-7-20)19(16-39-27)9-8-18-10-13-30-14-11-18/h2-7,10-17H,1H3,(H2,29,34)(H,32,37)/t17-/m1/s1. The Kier molecular flexibility index (Phi) is 5.82. The quantitative estimate of drug-likeness (QED) is 0.340. The predicted molar refractivity (Wildman–Crippen MR) is 143 cm³/mol. The molecule has 1 aromatic carbocycles. The lowest BCUT2D eigenvalue weighted by molar-refractivity contribution is 0.0940. The number of amides is 1. The Morgan fingerprint density at radius 3 is 2.67 bits per heavy atom. The highest BCUT2D eigenvalue weighted by molar-refractivity contribution is 6.04. The topological polar surface area (TPSA) is 146 Å². The van der Waals surface area contributed by atoms with Crippen molar-refractivity contribution in [1.29, 1.82) is 0 Å². The average molecular weight is 517 g/mol. The Hall–Kier alpha value is -5.76. The molecule has 0 fully saturated rings. The first-order valence-electron chi connectivity index (χ1n) is 11.9. The van der Waals surface area contributed by atoms with Crippen molar-refractivity contribution in [2.24, 2.45) is 0 Å². The van der Waals surface area contributed by atoms with Crippen LogP contribution in [0.5, 0.6) is 0 Å². The number of benzene rings is 1. The Morgan fingerprint density at radius 2 is 1.87 bits per heavy atom. The van der Waals surface area contributed by atoms with Crippen molar-refractivity contribution in [3.63, 3.8) is 0 Å². The molecule has 0 bridgehead atoms. The van der Waals surface area contributed by atoms with Crippen molar-refractivity contribution >= 4 is 28.5 Å². The molecule has 190 valence electrons. The lowest BCUT2D eigenvalue weighted by atomic mass is 10.2. The summed E-state index contributed by atoms with van der Waals surface area (Å²) in [6.45, 7) is 1.72. The number of nitrogen functional groups attached to an aromatic ring is 1. The van der Waals surface area contributed by atoms with Crippen molar-refractivity contribution in [2.75, 3.05) is 5.73 Å². The van der Waals surface area contributed by atoms with Gasteiger partial charge >= 0.3 is 0 Å². The van der Waals surface area contributed by atoms with Crippen molar-refractivity contribution in [2.45, 2.75) is 13.0 Å². The number of nitrogens with two attached hydrogens (primary N) is 1. The maximum absolute atomic E-state index is 13.9. The third kappa shape index (κ3) is 4.25. The molecular weight excluding hydrogens is 496 g/mol. The molecule has 39 heavy (non-hydrogen) atoms. The van der Waals surface area contributed by atoms with Crippen molar-refractivity contribution in [1.82, 2.24) is 34.4 Å². The summed E-state index contributed by atoms with van der Waals surface area (Å²) in [6.07, 6.45) is 7.87. The van der Waals surface area contributed by atoms with Gasteiger partial charge in [0.05, 0.1) is 17.3 Å². The van der Waals surface area contributed by atoms with E-state index in [0.29, 0.717) is 16.9 Å². The summed E-state index contributed by atoms with van der Waals surface area (Å²) >= 11 is 0. The number of nitrogens with zero attached hydrogens (tertiary/aromatic N) is 6. The van der Waals surface area contributed by atoms with Gasteiger partial charge in [0.2, 0.25) is 5.71 Å². The fourth-order valence-electron chi connectivity index (χ4n) is 4.25. The van der Waals surface area contributed by atoms with Crippen LogP contribution in [0, 0.1) is 11.8 Å². The predicted octanol–water partition coefficient (Wildman–Crippen LogP) is 2.89. The number of furan rings is 1. The fourth-order valence-corrected chi connectivity index (χ4v) is 4.25. The van der Waals surface area contributed by atoms with Crippen molar-refractivity contribution < 1.29 is 9.21 Å². The van der Waals surface area contributed by atoms with Gasteiger partial charge in [-0.25, -0.2) is 9.50 Å². The summed E-state index contributed by atoms with van der Waals surface area (Å²) in [7, 11) is 0. The van der Waals surface area contributed by atoms with Crippen LogP contribution in [0.25, 0.3) is 22.4 Å². The summed E-state index contributed by atoms with van der Waals surface area (Å²) in [4.78, 5) is 40.1. The van der Waals surface area contributed by atoms with Crippen molar-refractivity contribution in [3.8, 4) is 17.5 Å². The average Bonchev–Trinajstić information content (AvgIpc) is 3.52. The van der Waals surface area contributed by atoms with Gasteiger partial charge in [-0.15, -0.1) is 5.10 Å². The van der Waals surface area contributed by atoms with Crippen LogP contribution in [0.15, 0.2) is 88.8 Å². The van der Waals surface area contributed by atoms with E-state index in [9.17, 15) is 9.59 Å². The normalized spacial score (nSPS) is 11.7. The molecule has 11 heteroatoms. The number of fused-ring (bicyclic) bond motifs is 2. The number of nitrogens with one attached hydrogen (secondary N) is 1. The smallest absolute Gasteiger partial charge is 0.270 e. The monoisotopic (exact) mass is 516 g/mol. The number of anilines is 1. The van der Waals surface area contributed by atoms with Gasteiger partial charge in [0.25, 0.3) is 11.5 Å². The molecule has 5 heterocycles. The summed E-state index contributed by atoms with van der Waals surface area (Å²) in [6, 6.07) is 13.5. The molecule has 0 aliphatic carbocycles. The highest BCUT2D eigenvalue weighted by Gasteiger charge is 2.25. The van der Waals surface area contributed by atoms with Crippen LogP contribution in [0.2, 0.25) is 0 Å². The largest absolute Gasteiger partial charge is 0.445 e. The minimum atomic E-state index is -0.732. The van der Waals surface area contributed by atoms with E-state index >= 15 is 0 Å². The number of pyridine rings is 1. The summed E-state index contributed by atoms with van der Waals surface area (Å²) in [5, 5.41) is 7.26. The number of carbonyl (C=O) groups is 1. The van der Waals surface area contributed by atoms with E-state index in [1.54, 1.807) is 62.0 Å². The molecular formula is C28H20N8O3. The molecule has 0 radical (unpaired) electrons. The van der Waals surface area contributed by atoms with Gasteiger partial charge in [0.15, 0.2) is 11.5 Å². The fraction of sp³-hybridized carbons (Fsp3) is 0.0714. The van der Waals surface area contributed by atoms with Crippen molar-refractivity contribution in [3.05, 3.63) is 112 Å². The SMILES string of the molecule is C[C@@H](NC(=O)c1c(N)nn2cccnc12)c1nc2occ(C#Cc3ccncc3)c2c(=O)n1-c1ccccc1. The van der Waals surface area contributed by atoms with Crippen LogP contribution < -0.4 is 16.6 Å². The van der Waals surface area contributed by atoms with Crippen LogP contribution in [0.3, 0.4) is 0 Å². The second-order valence-electron chi connectivity index (χ2n) is 8.60. The lowest BCUT2D eigenvalue weighted by Crippen LogP contribution is -2.33. The Labute approximate surface area is 221 Å². The maximum Gasteiger partial charge on any atom is 0.270 e. The van der Waals surface area contributed by atoms with Crippen LogP contribution in [-0.4, -0.2) is 35.0 Å². The first-order chi connectivity index (χ1) is 19.0. The molecule has 0 saturated carbocycles. The van der Waals surface area contributed by atoms with Gasteiger partial charge in [0, 0.05) is 30.4 Å². The second kappa shape index (κ2) is 9.60. The van der Waals surface area contributed by atoms with Crippen LogP contribution >= 0.6 is 0 Å². The second-order valence-corrected chi connectivity index (χ2v) is 8.60. The van der Waals surface area contributed by atoms with Gasteiger partial charge in [-0.1, -0.05) is 30.0 Å². The summed E-state index contributed by atoms with van der Waals surface area (Å²) < 4.78 is 8.53. The molecule has 6 rings (SSSR count). The molecule has 0 aliphatic heterocycles. The van der Waals surface area contributed by atoms with Gasteiger partial charge < -0.3 is 15.5 Å². The zero-order chi connectivity index (χ0) is 26.9. The molecule has 1 atom stereocenters. The van der Waals surface area contributed by atoms with Gasteiger partial charge in [-0.2, -0.15) is 4.98 Å². The molecule has 0 spiro atoms. The Morgan fingerprint density at radius 1 is 1.08 bits per heavy atom. The minimum Gasteiger partial charge on any atom is -0.445 e. The number of para-hydroxylation sites is 1. The number of rotatable bonds is 4. The van der Waals surface area contributed by atoms with Gasteiger partial charge in [0.1, 0.15) is 23.0 Å². The van der Waals surface area contributed by atoms with E-state index < -0.39 is 11.9 Å². The summed E-state index contributed by atoms with van der Waals surface area (Å²) in [5.41, 5.74) is 7.91. The number of carbonyl (C=O) groups excluding carboxylic acids is 1. The van der Waals surface area contributed by atoms with Gasteiger partial charge in [-0.3, -0.25) is 19.1 Å². The Bertz CT molecular complexity index is 1960. The lowest BCUT2D eigenvalue weighted by Gasteiger charge is -2.18. The van der Waals surface area contributed by atoms with E-state index in [-0.39, 0.29) is 33.9 Å². The first-order valence-corrected chi connectivity index (χ1v) is 11.9. The molecule has 5 aromatic heterocycles. The van der Waals surface area contributed by atoms with E-state index in [4.69, 9.17) is 10.2 Å². The molecule has 0 saturated heterocycles. The molecule has 6 aromatic rings. The van der Waals surface area contributed by atoms with Crippen LogP contribution in [0.4, 0.5) is 5.82 Å². The third-order valence-electron chi connectivity index (χ3n) is 6.05. The van der Waals surface area contributed by atoms with E-state index in [1.165, 1.54) is 15.3 Å². The molecule has 11 nitrogen and oxygen atoms in total. The minimum absolute atomic E-state index is 0.0331. The molecule has 0 unspecified atom stereocenters. The first kappa shape index (κ1) is 23.6. The Balaban J connectivity index is 1.45. The molecule has 0 aliphatic rings. The van der Waals surface area contributed by atoms with E-state index in [2.05, 4.69) is 37.2 Å². The van der Waals surface area contributed by atoms with E-state index in [0.717, 1.165) is 5.56 Å². The zero-order valence-corrected chi connectivity index (χ0v) is 20.6. The molecule has 1 amide bonds. The number of aromatic nitrogens is 6. The number of hydrogen-bond acceptors (Lipinski definition) is 8. The zero-order valence-electron chi connectivity index (χ0n) is 20.6. The van der Waals surface area contributed by atoms with E-state index in [1.807, 2.05) is 18.2 Å². The van der Waals surface area contributed by atoms with Gasteiger partial charge in [-0.05, 0) is 37.3 Å². The molecule has 3 N–H and O–H groups in total.